The zero-order valence-electron chi connectivity index (χ0n) is 17.2. The summed E-state index contributed by atoms with van der Waals surface area (Å²) < 4.78 is 25.4. The summed E-state index contributed by atoms with van der Waals surface area (Å²) in [6, 6.07) is 30.1. The molecule has 0 N–H and O–H groups in total. The van der Waals surface area contributed by atoms with Gasteiger partial charge in [0.1, 0.15) is 5.60 Å². The lowest BCUT2D eigenvalue weighted by atomic mass is 9.80. The van der Waals surface area contributed by atoms with Gasteiger partial charge in [-0.15, -0.1) is 0 Å². The predicted molar refractivity (Wildman–Crippen MR) is 113 cm³/mol. The summed E-state index contributed by atoms with van der Waals surface area (Å²) in [5.41, 5.74) is 2.06. The van der Waals surface area contributed by atoms with Crippen LogP contribution in [0.4, 0.5) is 4.53 Å². The molecule has 3 atom stereocenters. The molecule has 1 saturated heterocycles. The third kappa shape index (κ3) is 4.54. The molecule has 3 aromatic rings. The highest BCUT2D eigenvalue weighted by atomic mass is 19.3. The van der Waals surface area contributed by atoms with Gasteiger partial charge in [0, 0.05) is 6.42 Å². The highest BCUT2D eigenvalue weighted by Gasteiger charge is 2.42. The topological polar surface area (TPSA) is 46.2 Å². The molecule has 3 aromatic carbocycles. The number of rotatable bonds is 9. The molecule has 4 rings (SSSR count). The molecule has 31 heavy (non-hydrogen) atoms. The fourth-order valence-electron chi connectivity index (χ4n) is 4.05. The monoisotopic (exact) mass is 424 g/mol. The number of halogens is 1. The summed E-state index contributed by atoms with van der Waals surface area (Å²) in [7, 11) is 1.34. The first-order valence-corrected chi connectivity index (χ1v) is 10.2. The van der Waals surface area contributed by atoms with Crippen LogP contribution in [0.15, 0.2) is 91.0 Å². The SMILES string of the molecule is COO[C@H]1O[C@H](COC(c2ccccc2)(c2ccccc2)c2ccccc2)C[C@@H]1OF. The van der Waals surface area contributed by atoms with Crippen molar-refractivity contribution in [1.29, 1.82) is 0 Å². The fraction of sp³-hybridized carbons (Fsp3) is 0.280. The van der Waals surface area contributed by atoms with Crippen LogP contribution in [0.3, 0.4) is 0 Å². The van der Waals surface area contributed by atoms with Crippen molar-refractivity contribution in [1.82, 2.24) is 0 Å². The van der Waals surface area contributed by atoms with Crippen LogP contribution in [0.1, 0.15) is 23.1 Å². The predicted octanol–water partition coefficient (Wildman–Crippen LogP) is 4.96. The van der Waals surface area contributed by atoms with Gasteiger partial charge in [0.2, 0.25) is 6.29 Å². The minimum Gasteiger partial charge on any atom is -0.358 e. The fourth-order valence-corrected chi connectivity index (χ4v) is 4.05. The third-order valence-corrected chi connectivity index (χ3v) is 5.46. The Balaban J connectivity index is 1.71. The van der Waals surface area contributed by atoms with Gasteiger partial charge in [-0.05, 0) is 21.2 Å². The van der Waals surface area contributed by atoms with Gasteiger partial charge in [0.25, 0.3) is 0 Å². The molecule has 0 saturated carbocycles. The molecule has 0 amide bonds. The highest BCUT2D eigenvalue weighted by molar-refractivity contribution is 5.47. The van der Waals surface area contributed by atoms with E-state index in [0.29, 0.717) is 0 Å². The number of benzene rings is 3. The van der Waals surface area contributed by atoms with Crippen LogP contribution in [0.25, 0.3) is 0 Å². The summed E-state index contributed by atoms with van der Waals surface area (Å²) in [5.74, 6) is 0. The minimum absolute atomic E-state index is 0.197. The second kappa shape index (κ2) is 10.1. The van der Waals surface area contributed by atoms with Crippen molar-refractivity contribution in [3.8, 4) is 0 Å². The minimum atomic E-state index is -0.955. The summed E-state index contributed by atoms with van der Waals surface area (Å²) in [5, 5.41) is 0. The Labute approximate surface area is 181 Å². The lowest BCUT2D eigenvalue weighted by Crippen LogP contribution is -2.35. The molecule has 5 nitrogen and oxygen atoms in total. The van der Waals surface area contributed by atoms with Gasteiger partial charge in [-0.1, -0.05) is 91.0 Å². The van der Waals surface area contributed by atoms with Crippen LogP contribution in [0.5, 0.6) is 0 Å². The van der Waals surface area contributed by atoms with Crippen molar-refractivity contribution in [2.45, 2.75) is 30.5 Å². The first kappa shape index (κ1) is 21.6. The normalized spacial score (nSPS) is 21.3. The maximum atomic E-state index is 13.0. The first-order chi connectivity index (χ1) is 15.3. The van der Waals surface area contributed by atoms with E-state index in [0.717, 1.165) is 16.7 Å². The third-order valence-electron chi connectivity index (χ3n) is 5.46. The van der Waals surface area contributed by atoms with Crippen molar-refractivity contribution in [3.63, 3.8) is 0 Å². The van der Waals surface area contributed by atoms with E-state index in [2.05, 4.69) is 9.83 Å². The molecule has 1 fully saturated rings. The van der Waals surface area contributed by atoms with E-state index in [4.69, 9.17) is 14.4 Å². The lowest BCUT2D eigenvalue weighted by Gasteiger charge is -2.36. The maximum Gasteiger partial charge on any atom is 0.221 e. The molecule has 162 valence electrons. The Morgan fingerprint density at radius 2 is 1.32 bits per heavy atom. The van der Waals surface area contributed by atoms with Crippen LogP contribution >= 0.6 is 0 Å². The molecule has 0 spiro atoms. The second-order valence-corrected chi connectivity index (χ2v) is 7.34. The Kier molecular flexibility index (Phi) is 7.06. The van der Waals surface area contributed by atoms with E-state index in [1.54, 1.807) is 0 Å². The van der Waals surface area contributed by atoms with Crippen LogP contribution in [0.2, 0.25) is 0 Å². The molecule has 6 heteroatoms. The number of hydrogen-bond donors (Lipinski definition) is 0. The molecular weight excluding hydrogens is 399 g/mol. The van der Waals surface area contributed by atoms with Crippen LogP contribution in [-0.2, 0) is 29.8 Å². The van der Waals surface area contributed by atoms with Gasteiger partial charge in [-0.3, -0.25) is 0 Å². The van der Waals surface area contributed by atoms with E-state index in [9.17, 15) is 4.53 Å². The lowest BCUT2D eigenvalue weighted by molar-refractivity contribution is -0.386. The molecule has 0 aliphatic carbocycles. The highest BCUT2D eigenvalue weighted by Crippen LogP contribution is 2.41. The van der Waals surface area contributed by atoms with Crippen LogP contribution in [-0.4, -0.2) is 32.2 Å². The molecule has 0 radical (unpaired) electrons. The van der Waals surface area contributed by atoms with E-state index in [1.807, 2.05) is 91.0 Å². The molecule has 1 aliphatic heterocycles. The van der Waals surface area contributed by atoms with Crippen molar-refractivity contribution in [2.24, 2.45) is 0 Å². The molecule has 0 unspecified atom stereocenters. The summed E-state index contributed by atoms with van der Waals surface area (Å²) in [6.07, 6.45) is -1.99. The van der Waals surface area contributed by atoms with Crippen molar-refractivity contribution in [2.75, 3.05) is 13.7 Å². The second-order valence-electron chi connectivity index (χ2n) is 7.34. The zero-order valence-corrected chi connectivity index (χ0v) is 17.2. The van der Waals surface area contributed by atoms with Gasteiger partial charge < -0.3 is 9.47 Å². The quantitative estimate of drug-likeness (QED) is 0.276. The molecular formula is C25H25FO5. The Hall–Kier alpha value is -2.61. The van der Waals surface area contributed by atoms with Crippen molar-refractivity contribution >= 4 is 0 Å². The van der Waals surface area contributed by atoms with Gasteiger partial charge in [-0.25, -0.2) is 9.78 Å². The molecule has 0 bridgehead atoms. The van der Waals surface area contributed by atoms with E-state index >= 15 is 0 Å². The van der Waals surface area contributed by atoms with Gasteiger partial charge >= 0.3 is 0 Å². The standard InChI is InChI=1S/C25H25FO5/c1-27-31-24-23(30-26)17-22(29-24)18-28-25(19-11-5-2-6-12-19,20-13-7-3-8-14-20)21-15-9-4-10-16-21/h2-16,22-24H,17-18H2,1H3/t22-,23-,24+/m0/s1. The zero-order chi connectivity index (χ0) is 21.5. The summed E-state index contributed by atoms with van der Waals surface area (Å²) in [4.78, 5) is 13.6. The van der Waals surface area contributed by atoms with Gasteiger partial charge in [0.05, 0.1) is 19.8 Å². The van der Waals surface area contributed by atoms with E-state index in [-0.39, 0.29) is 13.0 Å². The van der Waals surface area contributed by atoms with Crippen molar-refractivity contribution < 1.29 is 28.7 Å². The van der Waals surface area contributed by atoms with E-state index < -0.39 is 24.1 Å². The maximum absolute atomic E-state index is 13.0. The van der Waals surface area contributed by atoms with Crippen molar-refractivity contribution in [3.05, 3.63) is 108 Å². The van der Waals surface area contributed by atoms with Gasteiger partial charge in [-0.2, -0.15) is 4.94 Å². The van der Waals surface area contributed by atoms with Crippen LogP contribution in [0, 0.1) is 0 Å². The number of ether oxygens (including phenoxy) is 2. The Morgan fingerprint density at radius 1 is 0.839 bits per heavy atom. The summed E-state index contributed by atoms with van der Waals surface area (Å²) >= 11 is 0. The number of hydrogen-bond acceptors (Lipinski definition) is 5. The Morgan fingerprint density at radius 3 is 1.74 bits per heavy atom. The average molecular weight is 424 g/mol. The largest absolute Gasteiger partial charge is 0.358 e. The van der Waals surface area contributed by atoms with Gasteiger partial charge in [0.15, 0.2) is 6.10 Å². The Bertz CT molecular complexity index is 826. The molecule has 1 aliphatic rings. The first-order valence-electron chi connectivity index (χ1n) is 10.2. The van der Waals surface area contributed by atoms with E-state index in [1.165, 1.54) is 7.11 Å². The summed E-state index contributed by atoms with van der Waals surface area (Å²) in [6.45, 7) is 0.197. The van der Waals surface area contributed by atoms with Crippen LogP contribution < -0.4 is 0 Å². The average Bonchev–Trinajstić information content (AvgIpc) is 3.24. The molecule has 1 heterocycles. The smallest absolute Gasteiger partial charge is 0.221 e. The molecule has 0 aromatic heterocycles.